The van der Waals surface area contributed by atoms with E-state index in [4.69, 9.17) is 9.84 Å². The van der Waals surface area contributed by atoms with E-state index in [-0.39, 0.29) is 23.3 Å². The molecule has 1 fully saturated rings. The average Bonchev–Trinajstić information content (AvgIpc) is 2.79. The van der Waals surface area contributed by atoms with Crippen molar-refractivity contribution in [3.05, 3.63) is 6.33 Å². The number of aromatic nitrogens is 3. The molecule has 0 spiro atoms. The van der Waals surface area contributed by atoms with Crippen molar-refractivity contribution in [3.63, 3.8) is 0 Å². The number of hydrogen-bond donors (Lipinski definition) is 1. The molecule has 1 aliphatic rings. The van der Waals surface area contributed by atoms with Crippen LogP contribution in [0.2, 0.25) is 0 Å². The van der Waals surface area contributed by atoms with E-state index in [9.17, 15) is 4.79 Å². The first-order valence-corrected chi connectivity index (χ1v) is 7.31. The van der Waals surface area contributed by atoms with Crippen LogP contribution in [0.4, 0.5) is 0 Å². The van der Waals surface area contributed by atoms with E-state index in [1.165, 1.54) is 11.8 Å². The van der Waals surface area contributed by atoms with Crippen molar-refractivity contribution in [2.24, 2.45) is 5.41 Å². The summed E-state index contributed by atoms with van der Waals surface area (Å²) in [6.07, 6.45) is 2.83. The van der Waals surface area contributed by atoms with Gasteiger partial charge in [0.25, 0.3) is 0 Å². The van der Waals surface area contributed by atoms with Crippen LogP contribution in [0.3, 0.4) is 0 Å². The molecule has 2 atom stereocenters. The second-order valence-electron chi connectivity index (χ2n) is 5.22. The van der Waals surface area contributed by atoms with Gasteiger partial charge in [0.1, 0.15) is 6.33 Å². The molecule has 1 aromatic rings. The van der Waals surface area contributed by atoms with Crippen LogP contribution in [-0.2, 0) is 9.53 Å². The second kappa shape index (κ2) is 5.50. The Hall–Kier alpha value is -1.08. The van der Waals surface area contributed by atoms with E-state index in [0.29, 0.717) is 11.8 Å². The molecule has 6 nitrogen and oxygen atoms in total. The maximum Gasteiger partial charge on any atom is 0.313 e. The number of rotatable bonds is 6. The highest BCUT2D eigenvalue weighted by Crippen LogP contribution is 2.51. The Bertz CT molecular complexity index is 461. The summed E-state index contributed by atoms with van der Waals surface area (Å²) < 4.78 is 7.68. The lowest BCUT2D eigenvalue weighted by molar-refractivity contribution is -0.134. The predicted molar refractivity (Wildman–Crippen MR) is 71.2 cm³/mol. The minimum Gasteiger partial charge on any atom is -0.481 e. The van der Waals surface area contributed by atoms with E-state index in [0.717, 1.165) is 6.42 Å². The van der Waals surface area contributed by atoms with Crippen LogP contribution < -0.4 is 0 Å². The molecule has 2 rings (SSSR count). The Morgan fingerprint density at radius 2 is 2.42 bits per heavy atom. The standard InChI is InChI=1S/C12H19N3O3S/c1-4-18-9-5-8(12(9,2)3)15-7-13-14-11(15)19-6-10(16)17/h7-9H,4-6H2,1-3H3,(H,16,17). The van der Waals surface area contributed by atoms with Crippen molar-refractivity contribution in [3.8, 4) is 0 Å². The monoisotopic (exact) mass is 285 g/mol. The summed E-state index contributed by atoms with van der Waals surface area (Å²) >= 11 is 1.20. The van der Waals surface area contributed by atoms with E-state index in [2.05, 4.69) is 24.0 Å². The van der Waals surface area contributed by atoms with E-state index < -0.39 is 5.97 Å². The Kier molecular flexibility index (Phi) is 4.15. The minimum atomic E-state index is -0.848. The molecule has 0 saturated heterocycles. The van der Waals surface area contributed by atoms with Crippen molar-refractivity contribution >= 4 is 17.7 Å². The van der Waals surface area contributed by atoms with E-state index in [1.807, 2.05) is 11.5 Å². The molecule has 0 aliphatic heterocycles. The van der Waals surface area contributed by atoms with Gasteiger partial charge in [-0.05, 0) is 13.3 Å². The van der Waals surface area contributed by atoms with Gasteiger partial charge in [0, 0.05) is 18.1 Å². The molecular weight excluding hydrogens is 266 g/mol. The third-order valence-corrected chi connectivity index (χ3v) is 4.64. The van der Waals surface area contributed by atoms with Gasteiger partial charge in [-0.3, -0.25) is 4.79 Å². The van der Waals surface area contributed by atoms with Crippen molar-refractivity contribution in [1.29, 1.82) is 0 Å². The molecular formula is C12H19N3O3S. The molecule has 1 aliphatic carbocycles. The molecule has 1 N–H and O–H groups in total. The Balaban J connectivity index is 2.07. The first-order valence-electron chi connectivity index (χ1n) is 6.32. The van der Waals surface area contributed by atoms with Gasteiger partial charge in [0.15, 0.2) is 5.16 Å². The van der Waals surface area contributed by atoms with Crippen LogP contribution in [0.1, 0.15) is 33.2 Å². The summed E-state index contributed by atoms with van der Waals surface area (Å²) in [7, 11) is 0. The Morgan fingerprint density at radius 3 is 3.00 bits per heavy atom. The van der Waals surface area contributed by atoms with Crippen LogP contribution in [-0.4, -0.2) is 44.3 Å². The fourth-order valence-electron chi connectivity index (χ4n) is 2.50. The van der Waals surface area contributed by atoms with Gasteiger partial charge in [-0.2, -0.15) is 0 Å². The van der Waals surface area contributed by atoms with Crippen LogP contribution in [0.5, 0.6) is 0 Å². The van der Waals surface area contributed by atoms with Crippen LogP contribution in [0.15, 0.2) is 11.5 Å². The molecule has 1 aromatic heterocycles. The van der Waals surface area contributed by atoms with E-state index in [1.54, 1.807) is 6.33 Å². The third-order valence-electron chi connectivity index (χ3n) is 3.69. The van der Waals surface area contributed by atoms with Crippen molar-refractivity contribution in [2.75, 3.05) is 12.4 Å². The SMILES string of the molecule is CCOC1CC(n2cnnc2SCC(=O)O)C1(C)C. The van der Waals surface area contributed by atoms with E-state index >= 15 is 0 Å². The first-order chi connectivity index (χ1) is 8.96. The zero-order valence-corrected chi connectivity index (χ0v) is 12.2. The summed E-state index contributed by atoms with van der Waals surface area (Å²) in [4.78, 5) is 10.6. The molecule has 1 heterocycles. The number of carbonyl (C=O) groups is 1. The summed E-state index contributed by atoms with van der Waals surface area (Å²) in [5.74, 6) is -0.847. The van der Waals surface area contributed by atoms with Gasteiger partial charge in [0.05, 0.1) is 11.9 Å². The molecule has 2 unspecified atom stereocenters. The van der Waals surface area contributed by atoms with Crippen molar-refractivity contribution in [1.82, 2.24) is 14.8 Å². The lowest BCUT2D eigenvalue weighted by Gasteiger charge is -2.51. The van der Waals surface area contributed by atoms with Crippen molar-refractivity contribution < 1.29 is 14.6 Å². The van der Waals surface area contributed by atoms with Gasteiger partial charge in [-0.15, -0.1) is 10.2 Å². The molecule has 0 bridgehead atoms. The molecule has 19 heavy (non-hydrogen) atoms. The molecule has 1 saturated carbocycles. The third kappa shape index (κ3) is 2.76. The molecule has 7 heteroatoms. The number of carboxylic acid groups (broad SMARTS) is 1. The van der Waals surface area contributed by atoms with Crippen LogP contribution in [0, 0.1) is 5.41 Å². The topological polar surface area (TPSA) is 77.2 Å². The zero-order valence-electron chi connectivity index (χ0n) is 11.4. The van der Waals surface area contributed by atoms with Crippen molar-refractivity contribution in [2.45, 2.75) is 44.5 Å². The zero-order chi connectivity index (χ0) is 14.0. The van der Waals surface area contributed by atoms with Gasteiger partial charge >= 0.3 is 5.97 Å². The summed E-state index contributed by atoms with van der Waals surface area (Å²) in [5.41, 5.74) is 0.0108. The second-order valence-corrected chi connectivity index (χ2v) is 6.16. The number of ether oxygens (including phenoxy) is 1. The molecule has 0 aromatic carbocycles. The minimum absolute atomic E-state index is 0.000725. The summed E-state index contributed by atoms with van der Waals surface area (Å²) in [5, 5.41) is 17.3. The maximum absolute atomic E-state index is 10.6. The first kappa shape index (κ1) is 14.3. The van der Waals surface area contributed by atoms with Crippen LogP contribution in [0.25, 0.3) is 0 Å². The largest absolute Gasteiger partial charge is 0.481 e. The number of hydrogen-bond acceptors (Lipinski definition) is 5. The molecule has 106 valence electrons. The maximum atomic E-state index is 10.6. The Labute approximate surface area is 116 Å². The highest BCUT2D eigenvalue weighted by atomic mass is 32.2. The Morgan fingerprint density at radius 1 is 1.68 bits per heavy atom. The van der Waals surface area contributed by atoms with Gasteiger partial charge in [0.2, 0.25) is 0 Å². The molecule has 0 radical (unpaired) electrons. The lowest BCUT2D eigenvalue weighted by Crippen LogP contribution is -2.51. The van der Waals surface area contributed by atoms with Gasteiger partial charge in [-0.25, -0.2) is 0 Å². The quantitative estimate of drug-likeness (QED) is 0.803. The summed E-state index contributed by atoms with van der Waals surface area (Å²) in [6.45, 7) is 7.03. The molecule has 0 amide bonds. The lowest BCUT2D eigenvalue weighted by atomic mass is 9.64. The number of carboxylic acids is 1. The predicted octanol–water partition coefficient (Wildman–Crippen LogP) is 1.83. The van der Waals surface area contributed by atoms with Gasteiger partial charge in [-0.1, -0.05) is 25.6 Å². The smallest absolute Gasteiger partial charge is 0.313 e. The highest BCUT2D eigenvalue weighted by Gasteiger charge is 2.50. The highest BCUT2D eigenvalue weighted by molar-refractivity contribution is 7.99. The number of nitrogens with zero attached hydrogens (tertiary/aromatic N) is 3. The number of thioether (sulfide) groups is 1. The number of aliphatic carboxylic acids is 1. The fraction of sp³-hybridized carbons (Fsp3) is 0.750. The summed E-state index contributed by atoms with van der Waals surface area (Å²) in [6, 6.07) is 0.260. The fourth-order valence-corrected chi connectivity index (χ4v) is 3.18. The normalized spacial score (nSPS) is 25.0. The van der Waals surface area contributed by atoms with Crippen LogP contribution >= 0.6 is 11.8 Å². The average molecular weight is 285 g/mol. The van der Waals surface area contributed by atoms with Gasteiger partial charge < -0.3 is 14.4 Å².